The first-order valence-electron chi connectivity index (χ1n) is 7.89. The molecule has 1 N–H and O–H groups in total. The van der Waals surface area contributed by atoms with Crippen LogP contribution in [0.15, 0.2) is 46.1 Å². The van der Waals surface area contributed by atoms with E-state index in [9.17, 15) is 4.79 Å². The van der Waals surface area contributed by atoms with E-state index in [1.165, 1.54) is 16.9 Å². The molecule has 7 heteroatoms. The van der Waals surface area contributed by atoms with Gasteiger partial charge < -0.3 is 5.32 Å². The molecule has 0 saturated heterocycles. The minimum absolute atomic E-state index is 0.0737. The molecule has 126 valence electrons. The molecule has 0 amide bonds. The fraction of sp³-hybridized carbons (Fsp3) is 0.167. The highest BCUT2D eigenvalue weighted by Gasteiger charge is 2.17. The Morgan fingerprint density at radius 1 is 1.24 bits per heavy atom. The fourth-order valence-electron chi connectivity index (χ4n) is 2.89. The van der Waals surface area contributed by atoms with Gasteiger partial charge in [0, 0.05) is 13.2 Å². The molecule has 0 fully saturated rings. The van der Waals surface area contributed by atoms with Gasteiger partial charge in [-0.1, -0.05) is 19.1 Å². The lowest BCUT2D eigenvalue weighted by Crippen LogP contribution is -2.17. The number of nitrogens with zero attached hydrogens (tertiary/aromatic N) is 3. The summed E-state index contributed by atoms with van der Waals surface area (Å²) in [4.78, 5) is 22.8. The number of anilines is 1. The highest BCUT2D eigenvalue weighted by Crippen LogP contribution is 2.37. The van der Waals surface area contributed by atoms with Gasteiger partial charge in [-0.3, -0.25) is 9.36 Å². The largest absolute Gasteiger partial charge is 0.387 e. The van der Waals surface area contributed by atoms with Crippen molar-refractivity contribution in [2.45, 2.75) is 13.3 Å². The van der Waals surface area contributed by atoms with Crippen molar-refractivity contribution in [3.05, 3.63) is 57.2 Å². The second-order valence-corrected chi connectivity index (χ2v) is 7.48. The number of fused-ring (bicyclic) bond motifs is 3. The molecule has 0 radical (unpaired) electrons. The Morgan fingerprint density at radius 3 is 2.68 bits per heavy atom. The summed E-state index contributed by atoms with van der Waals surface area (Å²) in [5.74, 6) is 0. The van der Waals surface area contributed by atoms with Gasteiger partial charge in [0.25, 0.3) is 5.56 Å². The van der Waals surface area contributed by atoms with Crippen molar-refractivity contribution < 1.29 is 0 Å². The van der Waals surface area contributed by atoms with Gasteiger partial charge in [-0.25, -0.2) is 9.97 Å². The number of thiophene rings is 1. The number of benzene rings is 1. The summed E-state index contributed by atoms with van der Waals surface area (Å²) in [5, 5.41) is 4.04. The summed E-state index contributed by atoms with van der Waals surface area (Å²) in [5.41, 5.74) is 3.56. The van der Waals surface area contributed by atoms with Gasteiger partial charge in [0.1, 0.15) is 21.4 Å². The van der Waals surface area contributed by atoms with E-state index in [4.69, 9.17) is 0 Å². The lowest BCUT2D eigenvalue weighted by Gasteiger charge is -2.07. The summed E-state index contributed by atoms with van der Waals surface area (Å²) < 4.78 is 3.05. The van der Waals surface area contributed by atoms with Crippen molar-refractivity contribution in [1.29, 1.82) is 0 Å². The van der Waals surface area contributed by atoms with Gasteiger partial charge in [0.2, 0.25) is 0 Å². The summed E-state index contributed by atoms with van der Waals surface area (Å²) in [7, 11) is 1.85. The van der Waals surface area contributed by atoms with Crippen molar-refractivity contribution >= 4 is 53.4 Å². The Bertz CT molecular complexity index is 1150. The van der Waals surface area contributed by atoms with Crippen LogP contribution < -0.4 is 10.9 Å². The lowest BCUT2D eigenvalue weighted by molar-refractivity contribution is 0.964. The zero-order valence-electron chi connectivity index (χ0n) is 13.7. The number of hydrogen-bond donors (Lipinski definition) is 1. The first-order valence-corrected chi connectivity index (χ1v) is 9.50. The smallest absolute Gasteiger partial charge is 0.275 e. The van der Waals surface area contributed by atoms with Crippen LogP contribution >= 0.6 is 27.3 Å². The van der Waals surface area contributed by atoms with Gasteiger partial charge in [0.15, 0.2) is 0 Å². The van der Waals surface area contributed by atoms with Crippen LogP contribution in [0.3, 0.4) is 0 Å². The third-order valence-corrected chi connectivity index (χ3v) is 5.91. The molecule has 0 aliphatic carbocycles. The first kappa shape index (κ1) is 16.2. The maximum Gasteiger partial charge on any atom is 0.275 e. The van der Waals surface area contributed by atoms with Crippen LogP contribution in [0.4, 0.5) is 5.69 Å². The van der Waals surface area contributed by atoms with Crippen LogP contribution in [0, 0.1) is 0 Å². The van der Waals surface area contributed by atoms with E-state index in [1.54, 1.807) is 17.1 Å². The Labute approximate surface area is 156 Å². The van der Waals surface area contributed by atoms with Crippen LogP contribution in [0.5, 0.6) is 0 Å². The standard InChI is InChI=1S/C18H15BrN4OS/c1-3-10-4-6-11(7-5-10)23-9-22-15-13-14(20-2)12(19)8-21-17(13)25-16(15)18(23)24/h4-9H,3H2,1-2H3,(H,20,21). The van der Waals surface area contributed by atoms with Gasteiger partial charge in [-0.15, -0.1) is 11.3 Å². The summed E-state index contributed by atoms with van der Waals surface area (Å²) in [6.07, 6.45) is 4.31. The molecule has 3 aromatic heterocycles. The number of pyridine rings is 1. The fourth-order valence-corrected chi connectivity index (χ4v) is 4.43. The third-order valence-electron chi connectivity index (χ3n) is 4.24. The maximum atomic E-state index is 13.0. The highest BCUT2D eigenvalue weighted by atomic mass is 79.9. The van der Waals surface area contributed by atoms with E-state index in [0.717, 1.165) is 32.5 Å². The summed E-state index contributed by atoms with van der Waals surface area (Å²) in [6.45, 7) is 2.11. The lowest BCUT2D eigenvalue weighted by atomic mass is 10.1. The third kappa shape index (κ3) is 2.54. The summed E-state index contributed by atoms with van der Waals surface area (Å²) in [6, 6.07) is 7.98. The number of hydrogen-bond acceptors (Lipinski definition) is 5. The molecular weight excluding hydrogens is 400 g/mol. The molecule has 0 atom stereocenters. The quantitative estimate of drug-likeness (QED) is 0.540. The molecule has 1 aromatic carbocycles. The number of rotatable bonds is 3. The first-order chi connectivity index (χ1) is 12.1. The van der Waals surface area contributed by atoms with E-state index >= 15 is 0 Å². The molecule has 0 spiro atoms. The second kappa shape index (κ2) is 6.24. The minimum Gasteiger partial charge on any atom is -0.387 e. The molecule has 0 saturated carbocycles. The number of nitrogens with one attached hydrogen (secondary N) is 1. The SMILES string of the molecule is CCc1ccc(-n2cnc3c(sc4ncc(Br)c(NC)c43)c2=O)cc1. The van der Waals surface area contributed by atoms with Crippen LogP contribution in [-0.2, 0) is 6.42 Å². The van der Waals surface area contributed by atoms with Crippen LogP contribution in [-0.4, -0.2) is 21.6 Å². The monoisotopic (exact) mass is 414 g/mol. The van der Waals surface area contributed by atoms with E-state index in [2.05, 4.69) is 38.1 Å². The molecule has 4 rings (SSSR count). The van der Waals surface area contributed by atoms with Crippen molar-refractivity contribution in [1.82, 2.24) is 14.5 Å². The maximum absolute atomic E-state index is 13.0. The van der Waals surface area contributed by atoms with E-state index in [-0.39, 0.29) is 5.56 Å². The van der Waals surface area contributed by atoms with Gasteiger partial charge in [-0.05, 0) is 40.0 Å². The molecule has 5 nitrogen and oxygen atoms in total. The van der Waals surface area contributed by atoms with Gasteiger partial charge >= 0.3 is 0 Å². The molecule has 0 aliphatic rings. The van der Waals surface area contributed by atoms with Crippen molar-refractivity contribution in [2.75, 3.05) is 12.4 Å². The Morgan fingerprint density at radius 2 is 2.00 bits per heavy atom. The van der Waals surface area contributed by atoms with E-state index in [0.29, 0.717) is 10.2 Å². The Hall–Kier alpha value is -2.25. The molecule has 4 aromatic rings. The van der Waals surface area contributed by atoms with E-state index in [1.807, 2.05) is 31.3 Å². The molecule has 25 heavy (non-hydrogen) atoms. The molecular formula is C18H15BrN4OS. The molecule has 0 unspecified atom stereocenters. The number of halogens is 1. The zero-order chi connectivity index (χ0) is 17.6. The highest BCUT2D eigenvalue weighted by molar-refractivity contribution is 9.10. The number of aromatic nitrogens is 3. The van der Waals surface area contributed by atoms with Crippen LogP contribution in [0.25, 0.3) is 26.1 Å². The summed E-state index contributed by atoms with van der Waals surface area (Å²) >= 11 is 4.88. The van der Waals surface area contributed by atoms with Crippen molar-refractivity contribution in [2.24, 2.45) is 0 Å². The molecule has 0 bridgehead atoms. The van der Waals surface area contributed by atoms with Crippen molar-refractivity contribution in [3.8, 4) is 5.69 Å². The van der Waals surface area contributed by atoms with Crippen LogP contribution in [0.1, 0.15) is 12.5 Å². The topological polar surface area (TPSA) is 59.8 Å². The van der Waals surface area contributed by atoms with Gasteiger partial charge in [-0.2, -0.15) is 0 Å². The predicted octanol–water partition coefficient (Wildman–Crippen LogP) is 4.36. The van der Waals surface area contributed by atoms with Crippen LogP contribution in [0.2, 0.25) is 0 Å². The van der Waals surface area contributed by atoms with Gasteiger partial charge in [0.05, 0.1) is 21.2 Å². The molecule has 3 heterocycles. The second-order valence-electron chi connectivity index (χ2n) is 5.63. The normalized spacial score (nSPS) is 11.3. The average Bonchev–Trinajstić information content (AvgIpc) is 3.02. The zero-order valence-corrected chi connectivity index (χ0v) is 16.1. The Balaban J connectivity index is 2.00. The molecule has 0 aliphatic heterocycles. The Kier molecular flexibility index (Phi) is 4.05. The van der Waals surface area contributed by atoms with E-state index < -0.39 is 0 Å². The predicted molar refractivity (Wildman–Crippen MR) is 107 cm³/mol. The number of aryl methyl sites for hydroxylation is 1. The van der Waals surface area contributed by atoms with Crippen molar-refractivity contribution in [3.63, 3.8) is 0 Å². The average molecular weight is 415 g/mol. The minimum atomic E-state index is -0.0737.